The molecule has 2 aliphatic heterocycles. The number of thioether (sulfide) groups is 1. The lowest BCUT2D eigenvalue weighted by atomic mass is 10.2. The predicted molar refractivity (Wildman–Crippen MR) is 100 cm³/mol. The second-order valence-electron chi connectivity index (χ2n) is 5.75. The number of carbonyl (C=O) groups excluding carboxylic acids is 1. The summed E-state index contributed by atoms with van der Waals surface area (Å²) < 4.78 is 0. The summed E-state index contributed by atoms with van der Waals surface area (Å²) in [5.41, 5.74) is 1.66. The average Bonchev–Trinajstić information content (AvgIpc) is 2.61. The Labute approximate surface area is 154 Å². The molecular weight excluding hydrogens is 356 g/mol. The maximum Gasteiger partial charge on any atom is 0.276 e. The van der Waals surface area contributed by atoms with Crippen LogP contribution in [-0.2, 0) is 10.5 Å². The Bertz CT molecular complexity index is 987. The van der Waals surface area contributed by atoms with E-state index in [0.29, 0.717) is 21.6 Å². The highest BCUT2D eigenvalue weighted by Crippen LogP contribution is 2.22. The molecule has 1 N–H and O–H groups in total. The van der Waals surface area contributed by atoms with Crippen LogP contribution < -0.4 is 15.9 Å². The number of amides is 1. The highest BCUT2D eigenvalue weighted by atomic mass is 35.5. The van der Waals surface area contributed by atoms with Crippen molar-refractivity contribution in [3.63, 3.8) is 0 Å². The van der Waals surface area contributed by atoms with E-state index in [-0.39, 0.29) is 12.1 Å². The molecule has 0 fully saturated rings. The maximum absolute atomic E-state index is 12.7. The molecule has 2 aromatic rings. The van der Waals surface area contributed by atoms with Crippen LogP contribution in [0.1, 0.15) is 12.5 Å². The fraction of sp³-hybridized carbons (Fsp3) is 0.167. The van der Waals surface area contributed by atoms with Gasteiger partial charge in [0.25, 0.3) is 5.91 Å². The van der Waals surface area contributed by atoms with E-state index in [1.807, 2.05) is 55.5 Å². The van der Waals surface area contributed by atoms with Crippen LogP contribution in [0.3, 0.4) is 0 Å². The minimum atomic E-state index is -0.220. The zero-order chi connectivity index (χ0) is 17.4. The molecule has 0 unspecified atom stereocenters. The number of halogens is 1. The van der Waals surface area contributed by atoms with Crippen molar-refractivity contribution in [2.75, 3.05) is 0 Å². The molecule has 5 nitrogen and oxygen atoms in total. The minimum Gasteiger partial charge on any atom is -0.298 e. The summed E-state index contributed by atoms with van der Waals surface area (Å²) in [5.74, 6) is 0.546. The fourth-order valence-corrected chi connectivity index (χ4v) is 3.72. The highest BCUT2D eigenvalue weighted by molar-refractivity contribution is 8.13. The molecule has 2 heterocycles. The third-order valence-electron chi connectivity index (χ3n) is 3.99. The first-order valence-electron chi connectivity index (χ1n) is 7.85. The molecule has 0 spiro atoms. The average molecular weight is 371 g/mol. The SMILES string of the molecule is C[C@@H]1N=c2ccccc2=C2C(=O)NC(SCc3ccc(Cl)cc3)=NN21. The molecule has 1 amide bonds. The van der Waals surface area contributed by atoms with Gasteiger partial charge in [0, 0.05) is 16.0 Å². The van der Waals surface area contributed by atoms with E-state index in [4.69, 9.17) is 11.6 Å². The molecule has 0 saturated heterocycles. The first-order chi connectivity index (χ1) is 12.1. The molecule has 0 aromatic heterocycles. The number of rotatable bonds is 2. The van der Waals surface area contributed by atoms with Gasteiger partial charge in [-0.3, -0.25) is 15.1 Å². The first kappa shape index (κ1) is 16.2. The van der Waals surface area contributed by atoms with Crippen LogP contribution in [0.4, 0.5) is 0 Å². The van der Waals surface area contributed by atoms with Crippen molar-refractivity contribution in [3.05, 3.63) is 69.7 Å². The molecule has 0 bridgehead atoms. The quantitative estimate of drug-likeness (QED) is 0.880. The smallest absolute Gasteiger partial charge is 0.276 e. The van der Waals surface area contributed by atoms with Crippen molar-refractivity contribution in [2.24, 2.45) is 10.1 Å². The standard InChI is InChI=1S/C18H15ClN4OS/c1-11-20-15-5-3-2-4-14(15)16-17(24)21-18(22-23(11)16)25-10-12-6-8-13(19)9-7-12/h2-9,11H,10H2,1H3,(H,21,22,24)/t11-/m1/s1. The summed E-state index contributed by atoms with van der Waals surface area (Å²) in [4.78, 5) is 17.3. The van der Waals surface area contributed by atoms with Crippen molar-refractivity contribution in [3.8, 4) is 0 Å². The van der Waals surface area contributed by atoms with Crippen LogP contribution in [0.2, 0.25) is 5.02 Å². The van der Waals surface area contributed by atoms with E-state index in [0.717, 1.165) is 16.1 Å². The van der Waals surface area contributed by atoms with Gasteiger partial charge in [0.1, 0.15) is 11.9 Å². The van der Waals surface area contributed by atoms with Crippen molar-refractivity contribution in [1.82, 2.24) is 10.3 Å². The van der Waals surface area contributed by atoms with Crippen LogP contribution in [0, 0.1) is 0 Å². The number of amidine groups is 1. The minimum absolute atomic E-state index is 0.150. The Morgan fingerprint density at radius 3 is 2.76 bits per heavy atom. The summed E-state index contributed by atoms with van der Waals surface area (Å²) in [6, 6.07) is 15.3. The molecule has 4 rings (SSSR count). The molecule has 2 aromatic carbocycles. The lowest BCUT2D eigenvalue weighted by Gasteiger charge is -2.32. The molecule has 7 heteroatoms. The van der Waals surface area contributed by atoms with Gasteiger partial charge in [-0.15, -0.1) is 5.10 Å². The number of nitrogens with one attached hydrogen (secondary N) is 1. The van der Waals surface area contributed by atoms with Crippen LogP contribution >= 0.6 is 23.4 Å². The number of carbonyl (C=O) groups is 1. The van der Waals surface area contributed by atoms with Crippen LogP contribution in [-0.4, -0.2) is 22.2 Å². The zero-order valence-electron chi connectivity index (χ0n) is 13.4. The topological polar surface area (TPSA) is 57.1 Å². The molecule has 0 radical (unpaired) electrons. The summed E-state index contributed by atoms with van der Waals surface area (Å²) in [5, 5.41) is 12.1. The van der Waals surface area contributed by atoms with Gasteiger partial charge in [0.05, 0.1) is 5.36 Å². The van der Waals surface area contributed by atoms with Crippen LogP contribution in [0.15, 0.2) is 58.6 Å². The second kappa shape index (κ2) is 6.54. The van der Waals surface area contributed by atoms with E-state index in [1.54, 1.807) is 5.01 Å². The van der Waals surface area contributed by atoms with Gasteiger partial charge in [0.15, 0.2) is 5.17 Å². The van der Waals surface area contributed by atoms with Gasteiger partial charge in [-0.1, -0.05) is 53.7 Å². The molecule has 0 saturated carbocycles. The van der Waals surface area contributed by atoms with Gasteiger partial charge in [-0.2, -0.15) is 0 Å². The van der Waals surface area contributed by atoms with Crippen molar-refractivity contribution < 1.29 is 4.79 Å². The number of hydrazone groups is 1. The molecule has 2 aliphatic rings. The van der Waals surface area contributed by atoms with Gasteiger partial charge in [-0.05, 0) is 30.7 Å². The number of fused-ring (bicyclic) bond motifs is 2. The summed E-state index contributed by atoms with van der Waals surface area (Å²) >= 11 is 7.38. The van der Waals surface area contributed by atoms with Crippen molar-refractivity contribution >= 4 is 40.1 Å². The number of para-hydroxylation sites is 1. The van der Waals surface area contributed by atoms with E-state index in [9.17, 15) is 4.79 Å². The summed E-state index contributed by atoms with van der Waals surface area (Å²) in [6.07, 6.45) is -0.220. The summed E-state index contributed by atoms with van der Waals surface area (Å²) in [6.45, 7) is 1.93. The Kier molecular flexibility index (Phi) is 4.23. The molecule has 0 aliphatic carbocycles. The van der Waals surface area contributed by atoms with Gasteiger partial charge in [0.2, 0.25) is 0 Å². The maximum atomic E-state index is 12.7. The highest BCUT2D eigenvalue weighted by Gasteiger charge is 2.31. The fourth-order valence-electron chi connectivity index (χ4n) is 2.79. The molecule has 126 valence electrons. The molecule has 25 heavy (non-hydrogen) atoms. The Morgan fingerprint density at radius 1 is 1.20 bits per heavy atom. The van der Waals surface area contributed by atoms with Crippen molar-refractivity contribution in [2.45, 2.75) is 18.8 Å². The molecule has 1 atom stereocenters. The van der Waals surface area contributed by atoms with Crippen LogP contribution in [0.5, 0.6) is 0 Å². The van der Waals surface area contributed by atoms with Gasteiger partial charge in [-0.25, -0.2) is 5.01 Å². The lowest BCUT2D eigenvalue weighted by Crippen LogP contribution is -2.51. The van der Waals surface area contributed by atoms with E-state index >= 15 is 0 Å². The zero-order valence-corrected chi connectivity index (χ0v) is 15.0. The van der Waals surface area contributed by atoms with Gasteiger partial charge < -0.3 is 0 Å². The Balaban J connectivity index is 1.63. The van der Waals surface area contributed by atoms with Crippen LogP contribution in [0.25, 0.3) is 5.70 Å². The summed E-state index contributed by atoms with van der Waals surface area (Å²) in [7, 11) is 0. The lowest BCUT2D eigenvalue weighted by molar-refractivity contribution is -0.116. The van der Waals surface area contributed by atoms with E-state index in [2.05, 4.69) is 15.4 Å². The van der Waals surface area contributed by atoms with Gasteiger partial charge >= 0.3 is 0 Å². The Hall–Kier alpha value is -2.31. The predicted octanol–water partition coefficient (Wildman–Crippen LogP) is 2.06. The first-order valence-corrected chi connectivity index (χ1v) is 9.22. The Morgan fingerprint density at radius 2 is 1.96 bits per heavy atom. The third-order valence-corrected chi connectivity index (χ3v) is 5.18. The van der Waals surface area contributed by atoms with Crippen molar-refractivity contribution in [1.29, 1.82) is 0 Å². The second-order valence-corrected chi connectivity index (χ2v) is 7.15. The monoisotopic (exact) mass is 370 g/mol. The number of benzene rings is 2. The van der Waals surface area contributed by atoms with E-state index < -0.39 is 0 Å². The number of hydrogen-bond acceptors (Lipinski definition) is 5. The number of nitrogens with zero attached hydrogens (tertiary/aromatic N) is 3. The largest absolute Gasteiger partial charge is 0.298 e. The number of hydrogen-bond donors (Lipinski definition) is 1. The third kappa shape index (κ3) is 3.15. The normalized spacial score (nSPS) is 18.7. The van der Waals surface area contributed by atoms with E-state index in [1.165, 1.54) is 11.8 Å². The molecular formula is C18H15ClN4OS.